The smallest absolute Gasteiger partial charge is 0.328 e. The van der Waals surface area contributed by atoms with Gasteiger partial charge in [-0.2, -0.15) is 0 Å². The average Bonchev–Trinajstić information content (AvgIpc) is 3.24. The molecule has 1 saturated heterocycles. The lowest BCUT2D eigenvalue weighted by Gasteiger charge is -2.30. The third-order valence-corrected chi connectivity index (χ3v) is 11.0. The van der Waals surface area contributed by atoms with Crippen molar-refractivity contribution in [2.24, 2.45) is 28.1 Å². The Morgan fingerprint density at radius 3 is 1.79 bits per heavy atom. The van der Waals surface area contributed by atoms with Gasteiger partial charge in [0.05, 0.1) is 25.0 Å². The third kappa shape index (κ3) is 21.4. The Bertz CT molecular complexity index is 1780. The lowest BCUT2D eigenvalue weighted by atomic mass is 9.99. The maximum absolute atomic E-state index is 14.1. The monoisotopic (exact) mass is 931 g/mol. The summed E-state index contributed by atoms with van der Waals surface area (Å²) < 4.78 is 5.56. The number of rotatable bonds is 22. The number of ether oxygens (including phenoxy) is 1. The van der Waals surface area contributed by atoms with E-state index in [-0.39, 0.29) is 18.8 Å². The van der Waals surface area contributed by atoms with Gasteiger partial charge in [0.2, 0.25) is 41.4 Å². The van der Waals surface area contributed by atoms with Gasteiger partial charge >= 0.3 is 5.97 Å². The Balaban J connectivity index is 2.29. The molecule has 0 radical (unpaired) electrons. The van der Waals surface area contributed by atoms with Crippen molar-refractivity contribution in [2.45, 2.75) is 179 Å². The standard InChI is InChI=1S/C45H74N10O11/c1-26(2)36-41(62)51-32(23-30-19-15-14-16-20-30)40(61)55-37(28(4)56)42(63)52-33(25-34(46)58)39(60)50-27(3)44(65)66-29(5)38(43(64)54-36)53-35(59)24-31(57)21-17-12-10-8-6-7-9-11-13-18-22-49-45(47)48/h14-16,19-20,26-29,31-33,36-38,56-57H,6-13,17-18,21-25H2,1-5H3,(H2,46,58)(H,50,60)(H,51,62)(H,52,63)(H,53,59)(H,54,64)(H,55,61)(H4,47,48,49). The van der Waals surface area contributed by atoms with E-state index in [9.17, 15) is 48.6 Å². The fraction of sp³-hybridized carbons (Fsp3) is 0.667. The highest BCUT2D eigenvalue weighted by molar-refractivity contribution is 5.98. The molecule has 1 aromatic carbocycles. The molecule has 0 spiro atoms. The minimum Gasteiger partial charge on any atom is -0.458 e. The van der Waals surface area contributed by atoms with Crippen LogP contribution in [-0.2, 0) is 49.5 Å². The van der Waals surface area contributed by atoms with Gasteiger partial charge in [0.25, 0.3) is 0 Å². The Hall–Kier alpha value is -5.83. The van der Waals surface area contributed by atoms with E-state index < -0.39 is 114 Å². The fourth-order valence-corrected chi connectivity index (χ4v) is 7.21. The molecule has 9 atom stereocenters. The van der Waals surface area contributed by atoms with E-state index in [1.165, 1.54) is 20.8 Å². The molecule has 1 aliphatic heterocycles. The first-order valence-electron chi connectivity index (χ1n) is 23.0. The molecule has 0 saturated carbocycles. The number of nitrogens with one attached hydrogen (secondary N) is 6. The number of carbonyl (C=O) groups excluding carboxylic acids is 8. The van der Waals surface area contributed by atoms with Crippen LogP contribution in [0.4, 0.5) is 0 Å². The summed E-state index contributed by atoms with van der Waals surface area (Å²) in [7, 11) is 0. The molecule has 7 amide bonds. The van der Waals surface area contributed by atoms with Gasteiger partial charge in [0.15, 0.2) is 5.96 Å². The molecule has 1 aliphatic rings. The number of benzene rings is 1. The number of carbonyl (C=O) groups is 8. The van der Waals surface area contributed by atoms with Crippen molar-refractivity contribution in [1.29, 1.82) is 0 Å². The van der Waals surface area contributed by atoms with Gasteiger partial charge in [0, 0.05) is 13.0 Å². The Labute approximate surface area is 387 Å². The van der Waals surface area contributed by atoms with Crippen molar-refractivity contribution < 1.29 is 53.3 Å². The topological polar surface area (TPSA) is 349 Å². The zero-order valence-corrected chi connectivity index (χ0v) is 39.0. The molecule has 21 heteroatoms. The summed E-state index contributed by atoms with van der Waals surface area (Å²) in [5.74, 6) is -8.16. The zero-order valence-electron chi connectivity index (χ0n) is 39.0. The Kier molecular flexibility index (Phi) is 25.3. The highest BCUT2D eigenvalue weighted by Gasteiger charge is 2.38. The van der Waals surface area contributed by atoms with Crippen LogP contribution in [0.15, 0.2) is 35.3 Å². The van der Waals surface area contributed by atoms with Crippen molar-refractivity contribution in [3.8, 4) is 0 Å². The maximum Gasteiger partial charge on any atom is 0.328 e. The van der Waals surface area contributed by atoms with Crippen LogP contribution >= 0.6 is 0 Å². The van der Waals surface area contributed by atoms with Crippen molar-refractivity contribution in [3.05, 3.63) is 35.9 Å². The quantitative estimate of drug-likeness (QED) is 0.0298. The lowest BCUT2D eigenvalue weighted by Crippen LogP contribution is -2.62. The molecule has 1 heterocycles. The van der Waals surface area contributed by atoms with E-state index in [4.69, 9.17) is 21.9 Å². The first-order valence-corrected chi connectivity index (χ1v) is 23.0. The number of primary amides is 1. The van der Waals surface area contributed by atoms with E-state index in [2.05, 4.69) is 36.9 Å². The van der Waals surface area contributed by atoms with E-state index >= 15 is 0 Å². The van der Waals surface area contributed by atoms with Crippen LogP contribution in [0.2, 0.25) is 0 Å². The summed E-state index contributed by atoms with van der Waals surface area (Å²) in [6, 6.07) is -0.637. The molecule has 9 unspecified atom stereocenters. The number of guanidine groups is 1. The number of esters is 1. The number of nitrogens with two attached hydrogens (primary N) is 3. The van der Waals surface area contributed by atoms with Crippen LogP contribution in [0, 0.1) is 5.92 Å². The first-order chi connectivity index (χ1) is 31.2. The molecule has 370 valence electrons. The Morgan fingerprint density at radius 2 is 1.23 bits per heavy atom. The summed E-state index contributed by atoms with van der Waals surface area (Å²) >= 11 is 0. The zero-order chi connectivity index (χ0) is 49.3. The molecule has 1 fully saturated rings. The predicted octanol–water partition coefficient (Wildman–Crippen LogP) is -0.669. The highest BCUT2D eigenvalue weighted by Crippen LogP contribution is 2.15. The lowest BCUT2D eigenvalue weighted by molar-refractivity contribution is -0.155. The van der Waals surface area contributed by atoms with Crippen LogP contribution in [-0.4, -0.2) is 125 Å². The highest BCUT2D eigenvalue weighted by atomic mass is 16.5. The van der Waals surface area contributed by atoms with Gasteiger partial charge in [-0.3, -0.25) is 38.6 Å². The van der Waals surface area contributed by atoms with E-state index in [0.29, 0.717) is 24.9 Å². The summed E-state index contributed by atoms with van der Waals surface area (Å²) in [4.78, 5) is 112. The number of aliphatic imine (C=N–C) groups is 1. The van der Waals surface area contributed by atoms with Gasteiger partial charge in [-0.15, -0.1) is 0 Å². The van der Waals surface area contributed by atoms with Crippen LogP contribution < -0.4 is 49.1 Å². The number of amides is 7. The van der Waals surface area contributed by atoms with Crippen molar-refractivity contribution in [3.63, 3.8) is 0 Å². The third-order valence-electron chi connectivity index (χ3n) is 11.0. The molecule has 2 rings (SSSR count). The van der Waals surface area contributed by atoms with Crippen LogP contribution in [0.1, 0.15) is 124 Å². The molecule has 14 N–H and O–H groups in total. The number of aliphatic hydroxyl groups is 2. The molecule has 66 heavy (non-hydrogen) atoms. The van der Waals surface area contributed by atoms with E-state index in [1.54, 1.807) is 44.2 Å². The second-order valence-electron chi connectivity index (χ2n) is 17.3. The van der Waals surface area contributed by atoms with E-state index in [1.807, 2.05) is 0 Å². The van der Waals surface area contributed by atoms with Crippen LogP contribution in [0.25, 0.3) is 0 Å². The number of cyclic esters (lactones) is 1. The van der Waals surface area contributed by atoms with Gasteiger partial charge in [-0.05, 0) is 45.1 Å². The molecular formula is C45H74N10O11. The minimum absolute atomic E-state index is 0.103. The molecule has 0 aromatic heterocycles. The molecule has 1 aromatic rings. The second kappa shape index (κ2) is 29.7. The second-order valence-corrected chi connectivity index (χ2v) is 17.3. The molecule has 0 bridgehead atoms. The van der Waals surface area contributed by atoms with Crippen LogP contribution in [0.5, 0.6) is 0 Å². The summed E-state index contributed by atoms with van der Waals surface area (Å²) in [6.07, 6.45) is 5.09. The van der Waals surface area contributed by atoms with Crippen molar-refractivity contribution in [1.82, 2.24) is 31.9 Å². The number of hydrogen-bond acceptors (Lipinski definition) is 12. The van der Waals surface area contributed by atoms with Crippen molar-refractivity contribution >= 4 is 53.3 Å². The number of unbranched alkanes of at least 4 members (excludes halogenated alkanes) is 9. The van der Waals surface area contributed by atoms with Gasteiger partial charge in [-0.25, -0.2) is 4.79 Å². The van der Waals surface area contributed by atoms with Gasteiger partial charge in [0.1, 0.15) is 42.4 Å². The summed E-state index contributed by atoms with van der Waals surface area (Å²) in [6.45, 7) is 7.63. The van der Waals surface area contributed by atoms with Gasteiger partial charge < -0.3 is 64.1 Å². The minimum atomic E-state index is -1.71. The molecular weight excluding hydrogens is 857 g/mol. The normalized spacial score (nSPS) is 23.5. The summed E-state index contributed by atoms with van der Waals surface area (Å²) in [5, 5.41) is 36.2. The van der Waals surface area contributed by atoms with Crippen LogP contribution in [0.3, 0.4) is 0 Å². The molecule has 0 aliphatic carbocycles. The Morgan fingerprint density at radius 1 is 0.697 bits per heavy atom. The number of nitrogens with zero attached hydrogens (tertiary/aromatic N) is 1. The largest absolute Gasteiger partial charge is 0.458 e. The predicted molar refractivity (Wildman–Crippen MR) is 245 cm³/mol. The van der Waals surface area contributed by atoms with E-state index in [0.717, 1.165) is 57.8 Å². The number of aliphatic hydroxyl groups excluding tert-OH is 2. The number of hydrogen-bond donors (Lipinski definition) is 11. The molecule has 21 nitrogen and oxygen atoms in total. The van der Waals surface area contributed by atoms with Gasteiger partial charge in [-0.1, -0.05) is 102 Å². The summed E-state index contributed by atoms with van der Waals surface area (Å²) in [5.41, 5.74) is 16.6. The van der Waals surface area contributed by atoms with Crippen molar-refractivity contribution in [2.75, 3.05) is 6.54 Å². The first kappa shape index (κ1) is 56.3. The fourth-order valence-electron chi connectivity index (χ4n) is 7.21. The average molecular weight is 931 g/mol. The maximum atomic E-state index is 14.1. The SMILES string of the molecule is CC1NC(=O)C(CC(N)=O)NC(=O)C(C(C)O)NC(=O)C(Cc2ccccc2)NC(=O)C(C(C)C)NC(=O)C(NC(=O)CC(O)CCCCCCCCCCCCN=C(N)N)C(C)OC1=O.